The summed E-state index contributed by atoms with van der Waals surface area (Å²) in [5, 5.41) is 8.73. The van der Waals surface area contributed by atoms with Crippen LogP contribution in [-0.2, 0) is 18.0 Å². The normalized spacial score (nSPS) is 10.5. The second-order valence-corrected chi connectivity index (χ2v) is 4.55. The van der Waals surface area contributed by atoms with Crippen molar-refractivity contribution in [3.05, 3.63) is 58.0 Å². The number of hydrogen-bond donors (Lipinski definition) is 1. The Hall–Kier alpha value is -1.59. The van der Waals surface area contributed by atoms with Crippen molar-refractivity contribution in [2.75, 3.05) is 0 Å². The van der Waals surface area contributed by atoms with Gasteiger partial charge in [-0.25, -0.2) is 4.79 Å². The Bertz CT molecular complexity index is 547. The van der Waals surface area contributed by atoms with Gasteiger partial charge in [-0.2, -0.15) is 0 Å². The minimum atomic E-state index is -1.00. The molecule has 0 atom stereocenters. The van der Waals surface area contributed by atoms with Crippen molar-refractivity contribution in [3.8, 4) is 0 Å². The van der Waals surface area contributed by atoms with E-state index in [1.165, 1.54) is 12.3 Å². The van der Waals surface area contributed by atoms with Crippen LogP contribution in [0.1, 0.15) is 21.7 Å². The van der Waals surface area contributed by atoms with Gasteiger partial charge >= 0.3 is 5.97 Å². The van der Waals surface area contributed by atoms with Crippen LogP contribution in [0.15, 0.2) is 45.5 Å². The number of aromatic carboxylic acids is 1. The average molecular weight is 311 g/mol. The lowest BCUT2D eigenvalue weighted by Crippen LogP contribution is -1.95. The third-order valence-corrected chi connectivity index (χ3v) is 3.13. The lowest BCUT2D eigenvalue weighted by Gasteiger charge is -2.04. The summed E-state index contributed by atoms with van der Waals surface area (Å²) in [5.41, 5.74) is 1.16. The molecule has 0 aliphatic heterocycles. The van der Waals surface area contributed by atoms with Crippen molar-refractivity contribution < 1.29 is 19.1 Å². The molecule has 1 aromatic carbocycles. The molecule has 0 saturated carbocycles. The number of benzene rings is 1. The van der Waals surface area contributed by atoms with Gasteiger partial charge in [0.1, 0.15) is 18.6 Å². The lowest BCUT2D eigenvalue weighted by atomic mass is 10.2. The molecule has 2 aromatic rings. The Labute approximate surface area is 112 Å². The summed E-state index contributed by atoms with van der Waals surface area (Å²) < 4.78 is 11.5. The van der Waals surface area contributed by atoms with Gasteiger partial charge < -0.3 is 14.3 Å². The maximum absolute atomic E-state index is 10.6. The Kier molecular flexibility index (Phi) is 4.17. The molecule has 0 spiro atoms. The van der Waals surface area contributed by atoms with Gasteiger partial charge in [-0.05, 0) is 17.7 Å². The summed E-state index contributed by atoms with van der Waals surface area (Å²) in [6.45, 7) is 0.680. The van der Waals surface area contributed by atoms with Gasteiger partial charge in [-0.1, -0.05) is 34.1 Å². The molecule has 1 heterocycles. The number of halogens is 1. The van der Waals surface area contributed by atoms with E-state index in [2.05, 4.69) is 15.9 Å². The third-order valence-electron chi connectivity index (χ3n) is 2.36. The Morgan fingerprint density at radius 1 is 1.33 bits per heavy atom. The molecular formula is C13H11BrO4. The van der Waals surface area contributed by atoms with Crippen molar-refractivity contribution in [1.29, 1.82) is 0 Å². The van der Waals surface area contributed by atoms with Crippen LogP contribution >= 0.6 is 15.9 Å². The number of ether oxygens (including phenoxy) is 1. The van der Waals surface area contributed by atoms with E-state index in [-0.39, 0.29) is 12.2 Å². The van der Waals surface area contributed by atoms with E-state index in [1.54, 1.807) is 0 Å². The second-order valence-electron chi connectivity index (χ2n) is 3.69. The highest BCUT2D eigenvalue weighted by atomic mass is 79.9. The lowest BCUT2D eigenvalue weighted by molar-refractivity contribution is 0.0696. The molecule has 1 N–H and O–H groups in total. The Morgan fingerprint density at radius 2 is 2.11 bits per heavy atom. The van der Waals surface area contributed by atoms with Crippen LogP contribution in [0.25, 0.3) is 0 Å². The largest absolute Gasteiger partial charge is 0.478 e. The summed E-state index contributed by atoms with van der Waals surface area (Å²) in [7, 11) is 0. The van der Waals surface area contributed by atoms with E-state index in [4.69, 9.17) is 14.3 Å². The zero-order valence-electron chi connectivity index (χ0n) is 9.43. The highest BCUT2D eigenvalue weighted by Crippen LogP contribution is 2.17. The van der Waals surface area contributed by atoms with Crippen molar-refractivity contribution in [2.45, 2.75) is 13.2 Å². The molecule has 0 fully saturated rings. The van der Waals surface area contributed by atoms with Crippen LogP contribution in [-0.4, -0.2) is 11.1 Å². The summed E-state index contributed by atoms with van der Waals surface area (Å²) in [6, 6.07) is 9.21. The van der Waals surface area contributed by atoms with Crippen LogP contribution in [0.3, 0.4) is 0 Å². The van der Waals surface area contributed by atoms with Crippen molar-refractivity contribution in [3.63, 3.8) is 0 Å². The van der Waals surface area contributed by atoms with Gasteiger partial charge in [0.25, 0.3) is 0 Å². The van der Waals surface area contributed by atoms with Crippen molar-refractivity contribution in [2.24, 2.45) is 0 Å². The van der Waals surface area contributed by atoms with Crippen molar-refractivity contribution in [1.82, 2.24) is 0 Å². The smallest absolute Gasteiger partial charge is 0.338 e. The SMILES string of the molecule is O=C(O)c1coc(COCc2ccccc2Br)c1. The molecule has 5 heteroatoms. The number of hydrogen-bond acceptors (Lipinski definition) is 3. The molecule has 0 saturated heterocycles. The quantitative estimate of drug-likeness (QED) is 0.918. The zero-order valence-corrected chi connectivity index (χ0v) is 11.0. The first kappa shape index (κ1) is 12.9. The summed E-state index contributed by atoms with van der Waals surface area (Å²) in [4.78, 5) is 10.6. The number of carbonyl (C=O) groups is 1. The topological polar surface area (TPSA) is 59.7 Å². The Balaban J connectivity index is 1.88. The number of rotatable bonds is 5. The third kappa shape index (κ3) is 3.21. The van der Waals surface area contributed by atoms with Crippen molar-refractivity contribution >= 4 is 21.9 Å². The molecule has 0 amide bonds. The van der Waals surface area contributed by atoms with Gasteiger partial charge in [-0.3, -0.25) is 0 Å². The van der Waals surface area contributed by atoms with E-state index in [9.17, 15) is 4.79 Å². The molecule has 94 valence electrons. The van der Waals surface area contributed by atoms with E-state index in [0.717, 1.165) is 10.0 Å². The van der Waals surface area contributed by atoms with Gasteiger partial charge in [0, 0.05) is 4.47 Å². The summed E-state index contributed by atoms with van der Waals surface area (Å²) in [5.74, 6) is -0.504. The van der Waals surface area contributed by atoms with E-state index in [1.807, 2.05) is 24.3 Å². The van der Waals surface area contributed by atoms with Crippen LogP contribution in [0, 0.1) is 0 Å². The molecule has 0 unspecified atom stereocenters. The molecule has 4 nitrogen and oxygen atoms in total. The predicted molar refractivity (Wildman–Crippen MR) is 68.3 cm³/mol. The molecule has 0 radical (unpaired) electrons. The second kappa shape index (κ2) is 5.84. The highest BCUT2D eigenvalue weighted by Gasteiger charge is 2.08. The number of furan rings is 1. The van der Waals surface area contributed by atoms with E-state index >= 15 is 0 Å². The Morgan fingerprint density at radius 3 is 2.78 bits per heavy atom. The average Bonchev–Trinajstić information content (AvgIpc) is 2.80. The predicted octanol–water partition coefficient (Wildman–Crippen LogP) is 3.46. The number of carboxylic acids is 1. The van der Waals surface area contributed by atoms with Crippen LogP contribution in [0.5, 0.6) is 0 Å². The molecule has 0 aliphatic carbocycles. The molecule has 18 heavy (non-hydrogen) atoms. The molecule has 2 rings (SSSR count). The summed E-state index contributed by atoms with van der Waals surface area (Å²) in [6.07, 6.45) is 1.21. The first-order valence-electron chi connectivity index (χ1n) is 5.28. The zero-order chi connectivity index (χ0) is 13.0. The fourth-order valence-corrected chi connectivity index (χ4v) is 1.84. The summed E-state index contributed by atoms with van der Waals surface area (Å²) >= 11 is 3.42. The van der Waals surface area contributed by atoms with E-state index < -0.39 is 5.97 Å². The van der Waals surface area contributed by atoms with Gasteiger partial charge in [0.2, 0.25) is 0 Å². The first-order chi connectivity index (χ1) is 8.66. The maximum atomic E-state index is 10.6. The minimum absolute atomic E-state index is 0.134. The fourth-order valence-electron chi connectivity index (χ4n) is 1.45. The van der Waals surface area contributed by atoms with Gasteiger partial charge in [-0.15, -0.1) is 0 Å². The maximum Gasteiger partial charge on any atom is 0.338 e. The van der Waals surface area contributed by atoms with Gasteiger partial charge in [0.05, 0.1) is 12.2 Å². The van der Waals surface area contributed by atoms with Crippen LogP contribution in [0.2, 0.25) is 0 Å². The molecule has 0 aliphatic rings. The molecule has 0 bridgehead atoms. The fraction of sp³-hybridized carbons (Fsp3) is 0.154. The number of carboxylic acid groups (broad SMARTS) is 1. The first-order valence-corrected chi connectivity index (χ1v) is 6.08. The molecule has 1 aromatic heterocycles. The van der Waals surface area contributed by atoms with Crippen LogP contribution in [0.4, 0.5) is 0 Å². The highest BCUT2D eigenvalue weighted by molar-refractivity contribution is 9.10. The molecular weight excluding hydrogens is 300 g/mol. The standard InChI is InChI=1S/C13H11BrO4/c14-12-4-2-1-3-9(12)6-17-8-11-5-10(7-18-11)13(15)16/h1-5,7H,6,8H2,(H,15,16). The van der Waals surface area contributed by atoms with Gasteiger partial charge in [0.15, 0.2) is 0 Å². The minimum Gasteiger partial charge on any atom is -0.478 e. The monoisotopic (exact) mass is 310 g/mol. The van der Waals surface area contributed by atoms with E-state index in [0.29, 0.717) is 12.4 Å². The van der Waals surface area contributed by atoms with Crippen LogP contribution < -0.4 is 0 Å².